The predicted molar refractivity (Wildman–Crippen MR) is 101 cm³/mol. The smallest absolute Gasteiger partial charge is 0.226 e. The van der Waals surface area contributed by atoms with Gasteiger partial charge in [0.05, 0.1) is 12.6 Å². The SMILES string of the molecule is COC[C@@H](c1ccccc1)N1CC[C@@H](Cc2c(Cl)cccc2Cl)C1=O. The van der Waals surface area contributed by atoms with E-state index in [1.165, 1.54) is 0 Å². The number of carbonyl (C=O) groups is 1. The van der Waals surface area contributed by atoms with Crippen molar-refractivity contribution in [3.8, 4) is 0 Å². The van der Waals surface area contributed by atoms with Crippen molar-refractivity contribution >= 4 is 29.1 Å². The predicted octanol–water partition coefficient (Wildman–Crippen LogP) is 4.77. The molecular formula is C20H21Cl2NO2. The van der Waals surface area contributed by atoms with Crippen molar-refractivity contribution in [1.29, 1.82) is 0 Å². The number of halogens is 2. The van der Waals surface area contributed by atoms with Gasteiger partial charge in [-0.25, -0.2) is 0 Å². The molecule has 2 aromatic carbocycles. The summed E-state index contributed by atoms with van der Waals surface area (Å²) in [5, 5.41) is 1.24. The van der Waals surface area contributed by atoms with Crippen LogP contribution in [0.5, 0.6) is 0 Å². The lowest BCUT2D eigenvalue weighted by Crippen LogP contribution is -2.34. The van der Waals surface area contributed by atoms with Gasteiger partial charge >= 0.3 is 0 Å². The Morgan fingerprint density at radius 3 is 2.44 bits per heavy atom. The normalized spacial score (nSPS) is 18.6. The Kier molecular flexibility index (Phi) is 6.00. The third-order valence-electron chi connectivity index (χ3n) is 4.75. The Morgan fingerprint density at radius 1 is 1.12 bits per heavy atom. The van der Waals surface area contributed by atoms with Gasteiger partial charge in [-0.2, -0.15) is 0 Å². The van der Waals surface area contributed by atoms with Crippen LogP contribution in [0.2, 0.25) is 10.0 Å². The van der Waals surface area contributed by atoms with Crippen LogP contribution in [0.3, 0.4) is 0 Å². The Hall–Kier alpha value is -1.55. The zero-order valence-electron chi connectivity index (χ0n) is 14.1. The van der Waals surface area contributed by atoms with Gasteiger partial charge in [-0.3, -0.25) is 4.79 Å². The lowest BCUT2D eigenvalue weighted by atomic mass is 9.97. The third-order valence-corrected chi connectivity index (χ3v) is 5.46. The fourth-order valence-electron chi connectivity index (χ4n) is 3.43. The molecule has 0 unspecified atom stereocenters. The Morgan fingerprint density at radius 2 is 1.80 bits per heavy atom. The summed E-state index contributed by atoms with van der Waals surface area (Å²) in [6.45, 7) is 1.20. The summed E-state index contributed by atoms with van der Waals surface area (Å²) in [5.74, 6) is 0.0438. The van der Waals surface area contributed by atoms with Crippen LogP contribution in [0.15, 0.2) is 48.5 Å². The summed E-state index contributed by atoms with van der Waals surface area (Å²) in [4.78, 5) is 14.9. The summed E-state index contributed by atoms with van der Waals surface area (Å²) in [6, 6.07) is 15.4. The zero-order valence-corrected chi connectivity index (χ0v) is 15.6. The van der Waals surface area contributed by atoms with E-state index in [1.807, 2.05) is 53.4 Å². The van der Waals surface area contributed by atoms with Crippen LogP contribution in [0.4, 0.5) is 0 Å². The van der Waals surface area contributed by atoms with E-state index >= 15 is 0 Å². The molecule has 0 radical (unpaired) electrons. The van der Waals surface area contributed by atoms with Crippen molar-refractivity contribution < 1.29 is 9.53 Å². The number of benzene rings is 2. The van der Waals surface area contributed by atoms with E-state index in [9.17, 15) is 4.79 Å². The number of methoxy groups -OCH3 is 1. The van der Waals surface area contributed by atoms with Gasteiger partial charge < -0.3 is 9.64 Å². The lowest BCUT2D eigenvalue weighted by molar-refractivity contribution is -0.134. The van der Waals surface area contributed by atoms with Crippen LogP contribution in [0.25, 0.3) is 0 Å². The van der Waals surface area contributed by atoms with E-state index in [0.29, 0.717) is 29.6 Å². The maximum atomic E-state index is 13.0. The molecule has 1 heterocycles. The molecule has 1 aliphatic heterocycles. The van der Waals surface area contributed by atoms with Gasteiger partial charge in [-0.15, -0.1) is 0 Å². The number of carbonyl (C=O) groups excluding carboxylic acids is 1. The monoisotopic (exact) mass is 377 g/mol. The topological polar surface area (TPSA) is 29.5 Å². The molecule has 5 heteroatoms. The van der Waals surface area contributed by atoms with Gasteiger partial charge in [0.1, 0.15) is 0 Å². The van der Waals surface area contributed by atoms with Gasteiger partial charge in [0.25, 0.3) is 0 Å². The first-order valence-corrected chi connectivity index (χ1v) is 9.14. The van der Waals surface area contributed by atoms with Crippen LogP contribution in [0, 0.1) is 5.92 Å². The molecule has 1 aliphatic rings. The maximum Gasteiger partial charge on any atom is 0.226 e. The average Bonchev–Trinajstić information content (AvgIpc) is 2.97. The van der Waals surface area contributed by atoms with Crippen molar-refractivity contribution in [1.82, 2.24) is 4.90 Å². The Labute approximate surface area is 158 Å². The Bertz CT molecular complexity index is 715. The zero-order chi connectivity index (χ0) is 17.8. The van der Waals surface area contributed by atoms with Gasteiger partial charge in [-0.05, 0) is 36.1 Å². The molecule has 0 bridgehead atoms. The first kappa shape index (κ1) is 18.2. The van der Waals surface area contributed by atoms with Crippen molar-refractivity contribution in [2.24, 2.45) is 5.92 Å². The molecule has 0 saturated carbocycles. The van der Waals surface area contributed by atoms with Crippen LogP contribution < -0.4 is 0 Å². The molecule has 25 heavy (non-hydrogen) atoms. The molecule has 0 aliphatic carbocycles. The van der Waals surface area contributed by atoms with E-state index in [0.717, 1.165) is 17.5 Å². The fourth-order valence-corrected chi connectivity index (χ4v) is 3.99. The Balaban J connectivity index is 1.78. The highest BCUT2D eigenvalue weighted by Crippen LogP contribution is 2.34. The van der Waals surface area contributed by atoms with E-state index < -0.39 is 0 Å². The first-order valence-electron chi connectivity index (χ1n) is 8.39. The summed E-state index contributed by atoms with van der Waals surface area (Å²) in [6.07, 6.45) is 1.37. The molecule has 2 aromatic rings. The largest absolute Gasteiger partial charge is 0.382 e. The molecule has 3 rings (SSSR count). The summed E-state index contributed by atoms with van der Waals surface area (Å²) in [5.41, 5.74) is 1.95. The molecule has 1 fully saturated rings. The van der Waals surface area contributed by atoms with E-state index in [4.69, 9.17) is 27.9 Å². The second kappa shape index (κ2) is 8.22. The van der Waals surface area contributed by atoms with Gasteiger partial charge in [0.2, 0.25) is 5.91 Å². The minimum absolute atomic E-state index is 0.0644. The first-order chi connectivity index (χ1) is 12.1. The van der Waals surface area contributed by atoms with Crippen molar-refractivity contribution in [3.05, 3.63) is 69.7 Å². The molecular weight excluding hydrogens is 357 g/mol. The molecule has 0 aromatic heterocycles. The van der Waals surface area contributed by atoms with E-state index in [-0.39, 0.29) is 17.9 Å². The minimum Gasteiger partial charge on any atom is -0.382 e. The van der Waals surface area contributed by atoms with E-state index in [1.54, 1.807) is 7.11 Å². The highest BCUT2D eigenvalue weighted by molar-refractivity contribution is 6.36. The summed E-state index contributed by atoms with van der Waals surface area (Å²) < 4.78 is 5.37. The van der Waals surface area contributed by atoms with Crippen molar-refractivity contribution in [3.63, 3.8) is 0 Å². The standard InChI is InChI=1S/C20H21Cl2NO2/c1-25-13-19(14-6-3-2-4-7-14)23-11-10-15(20(23)24)12-16-17(21)8-5-9-18(16)22/h2-9,15,19H,10-13H2,1H3/t15-,19-/m0/s1. The van der Waals surface area contributed by atoms with Crippen molar-refractivity contribution in [2.75, 3.05) is 20.3 Å². The molecule has 1 saturated heterocycles. The average molecular weight is 378 g/mol. The molecule has 0 N–H and O–H groups in total. The number of hydrogen-bond donors (Lipinski definition) is 0. The molecule has 3 nitrogen and oxygen atoms in total. The third kappa shape index (κ3) is 4.00. The highest BCUT2D eigenvalue weighted by Gasteiger charge is 2.37. The van der Waals surface area contributed by atoms with Crippen molar-refractivity contribution in [2.45, 2.75) is 18.9 Å². The maximum absolute atomic E-state index is 13.0. The van der Waals surface area contributed by atoms with Gasteiger partial charge in [0, 0.05) is 29.6 Å². The number of nitrogens with zero attached hydrogens (tertiary/aromatic N) is 1. The number of rotatable bonds is 6. The second-order valence-corrected chi connectivity index (χ2v) is 7.12. The highest BCUT2D eigenvalue weighted by atomic mass is 35.5. The molecule has 1 amide bonds. The van der Waals surface area contributed by atoms with Gasteiger partial charge in [-0.1, -0.05) is 59.6 Å². The van der Waals surface area contributed by atoms with E-state index in [2.05, 4.69) is 0 Å². The number of hydrogen-bond acceptors (Lipinski definition) is 2. The quantitative estimate of drug-likeness (QED) is 0.725. The lowest BCUT2D eigenvalue weighted by Gasteiger charge is -2.28. The molecule has 132 valence electrons. The summed E-state index contributed by atoms with van der Waals surface area (Å²) >= 11 is 12.5. The molecule has 0 spiro atoms. The van der Waals surface area contributed by atoms with Crippen LogP contribution in [0.1, 0.15) is 23.6 Å². The molecule has 2 atom stereocenters. The van der Waals surface area contributed by atoms with Crippen LogP contribution >= 0.6 is 23.2 Å². The fraction of sp³-hybridized carbons (Fsp3) is 0.350. The van der Waals surface area contributed by atoms with Crippen LogP contribution in [-0.4, -0.2) is 31.1 Å². The van der Waals surface area contributed by atoms with Crippen LogP contribution in [-0.2, 0) is 16.0 Å². The summed E-state index contributed by atoms with van der Waals surface area (Å²) in [7, 11) is 1.66. The van der Waals surface area contributed by atoms with Gasteiger partial charge in [0.15, 0.2) is 0 Å². The number of ether oxygens (including phenoxy) is 1. The minimum atomic E-state index is -0.0968. The number of likely N-dealkylation sites (tertiary alicyclic amines) is 1. The second-order valence-electron chi connectivity index (χ2n) is 6.30. The number of amides is 1.